The highest BCUT2D eigenvalue weighted by Crippen LogP contribution is 2.31. The van der Waals surface area contributed by atoms with Crippen molar-refractivity contribution in [1.82, 2.24) is 9.62 Å². The van der Waals surface area contributed by atoms with Crippen molar-refractivity contribution in [2.24, 2.45) is 0 Å². The molecule has 2 aromatic rings. The van der Waals surface area contributed by atoms with E-state index in [0.29, 0.717) is 45.0 Å². The van der Waals surface area contributed by atoms with Crippen molar-refractivity contribution < 1.29 is 27.4 Å². The van der Waals surface area contributed by atoms with Crippen LogP contribution in [0.5, 0.6) is 0 Å². The lowest BCUT2D eigenvalue weighted by Gasteiger charge is -2.24. The van der Waals surface area contributed by atoms with E-state index in [0.717, 1.165) is 24.2 Å². The van der Waals surface area contributed by atoms with Crippen LogP contribution in [0.4, 0.5) is 5.69 Å². The second-order valence-corrected chi connectivity index (χ2v) is 10.0. The summed E-state index contributed by atoms with van der Waals surface area (Å²) in [6.45, 7) is 5.42. The first-order valence-electron chi connectivity index (χ1n) is 11.7. The summed E-state index contributed by atoms with van der Waals surface area (Å²) in [5.74, 6) is 0. The van der Waals surface area contributed by atoms with E-state index in [-0.39, 0.29) is 31.2 Å². The Labute approximate surface area is 203 Å². The zero-order valence-corrected chi connectivity index (χ0v) is 21.0. The van der Waals surface area contributed by atoms with Crippen LogP contribution in [-0.4, -0.2) is 106 Å². The molecular formula is C24H37N3O6S. The maximum absolute atomic E-state index is 13.8. The molecule has 10 heteroatoms. The molecule has 0 unspecified atom stereocenters. The van der Waals surface area contributed by atoms with Crippen LogP contribution in [-0.2, 0) is 29.0 Å². The second kappa shape index (κ2) is 13.9. The lowest BCUT2D eigenvalue weighted by atomic mass is 10.1. The molecule has 0 aromatic heterocycles. The van der Waals surface area contributed by atoms with Gasteiger partial charge in [-0.15, -0.1) is 0 Å². The van der Waals surface area contributed by atoms with Gasteiger partial charge >= 0.3 is 0 Å². The first-order chi connectivity index (χ1) is 16.5. The molecule has 3 rings (SSSR count). The number of fused-ring (bicyclic) bond motifs is 1. The number of nitrogens with zero attached hydrogens (tertiary/aromatic N) is 2. The quantitative estimate of drug-likeness (QED) is 0.687. The predicted octanol–water partition coefficient (Wildman–Crippen LogP) is 1.57. The van der Waals surface area contributed by atoms with E-state index in [1.807, 2.05) is 43.3 Å². The first-order valence-corrected chi connectivity index (χ1v) is 13.2. The van der Waals surface area contributed by atoms with Gasteiger partial charge in [0.1, 0.15) is 0 Å². The maximum atomic E-state index is 13.8. The lowest BCUT2D eigenvalue weighted by Crippen LogP contribution is -2.37. The zero-order valence-electron chi connectivity index (χ0n) is 20.2. The van der Waals surface area contributed by atoms with E-state index >= 15 is 0 Å². The Kier molecular flexibility index (Phi) is 11.0. The third kappa shape index (κ3) is 7.61. The van der Waals surface area contributed by atoms with Gasteiger partial charge in [0, 0.05) is 56.7 Å². The number of nitrogens with one attached hydrogen (secondary N) is 1. The van der Waals surface area contributed by atoms with E-state index in [9.17, 15) is 8.42 Å². The molecule has 1 saturated heterocycles. The predicted molar refractivity (Wildman–Crippen MR) is 133 cm³/mol. The number of sulfonamides is 1. The Bertz CT molecular complexity index is 968. The molecule has 0 radical (unpaired) electrons. The van der Waals surface area contributed by atoms with Crippen molar-refractivity contribution in [2.45, 2.75) is 4.90 Å². The number of ether oxygens (including phenoxy) is 4. The topological polar surface area (TPSA) is 89.6 Å². The third-order valence-corrected chi connectivity index (χ3v) is 7.48. The highest BCUT2D eigenvalue weighted by atomic mass is 32.2. The fourth-order valence-electron chi connectivity index (χ4n) is 3.76. The third-order valence-electron chi connectivity index (χ3n) is 5.52. The lowest BCUT2D eigenvalue weighted by molar-refractivity contribution is 0.0305. The van der Waals surface area contributed by atoms with Gasteiger partial charge in [-0.05, 0) is 12.1 Å². The number of hydrogen-bond donors (Lipinski definition) is 1. The Morgan fingerprint density at radius 3 is 1.85 bits per heavy atom. The summed E-state index contributed by atoms with van der Waals surface area (Å²) in [4.78, 5) is 2.27. The molecule has 0 atom stereocenters. The van der Waals surface area contributed by atoms with Crippen LogP contribution in [0.1, 0.15) is 0 Å². The van der Waals surface area contributed by atoms with Crippen LogP contribution in [0.15, 0.2) is 41.3 Å². The molecule has 1 fully saturated rings. The molecule has 1 aliphatic heterocycles. The summed E-state index contributed by atoms with van der Waals surface area (Å²) < 4.78 is 51.3. The van der Waals surface area contributed by atoms with Crippen LogP contribution in [0.2, 0.25) is 0 Å². The smallest absolute Gasteiger partial charge is 0.243 e. The number of rotatable bonds is 3. The summed E-state index contributed by atoms with van der Waals surface area (Å²) in [7, 11) is 0.120. The van der Waals surface area contributed by atoms with Gasteiger partial charge in [-0.2, -0.15) is 4.31 Å². The summed E-state index contributed by atoms with van der Waals surface area (Å²) in [6, 6.07) is 11.1. The largest absolute Gasteiger partial charge is 0.378 e. The van der Waals surface area contributed by atoms with E-state index in [1.165, 1.54) is 4.31 Å². The molecule has 190 valence electrons. The average Bonchev–Trinajstić information content (AvgIpc) is 2.83. The van der Waals surface area contributed by atoms with Crippen LogP contribution >= 0.6 is 0 Å². The monoisotopic (exact) mass is 495 g/mol. The maximum Gasteiger partial charge on any atom is 0.243 e. The van der Waals surface area contributed by atoms with Crippen molar-refractivity contribution in [3.05, 3.63) is 36.4 Å². The van der Waals surface area contributed by atoms with Gasteiger partial charge in [-0.25, -0.2) is 8.42 Å². The van der Waals surface area contributed by atoms with Crippen molar-refractivity contribution >= 4 is 26.5 Å². The Balaban J connectivity index is 1.77. The minimum atomic E-state index is -3.78. The van der Waals surface area contributed by atoms with Crippen molar-refractivity contribution in [1.29, 1.82) is 0 Å². The van der Waals surface area contributed by atoms with Crippen molar-refractivity contribution in [3.8, 4) is 0 Å². The Hall–Kier alpha value is -1.79. The number of benzene rings is 2. The highest BCUT2D eigenvalue weighted by Gasteiger charge is 2.26. The molecule has 2 aromatic carbocycles. The molecule has 34 heavy (non-hydrogen) atoms. The SMILES string of the molecule is CN(C)c1cccc2c(S(=O)(=O)N3CCOCCOCCNCCOCCOCC3)cccc12. The number of anilines is 1. The zero-order chi connectivity index (χ0) is 24.2. The molecule has 0 amide bonds. The van der Waals surface area contributed by atoms with Gasteiger partial charge in [0.25, 0.3) is 0 Å². The van der Waals surface area contributed by atoms with Gasteiger partial charge in [0.2, 0.25) is 10.0 Å². The fraction of sp³-hybridized carbons (Fsp3) is 0.583. The number of hydrogen-bond acceptors (Lipinski definition) is 8. The molecule has 0 bridgehead atoms. The van der Waals surface area contributed by atoms with E-state index < -0.39 is 10.0 Å². The standard InChI is InChI=1S/C24H37N3O6S/c1-26(2)23-7-3-6-22-21(23)5-4-8-24(22)34(28,29)27-11-15-32-19-17-30-13-9-25-10-14-31-18-20-33-16-12-27/h3-8,25H,9-20H2,1-2H3. The van der Waals surface area contributed by atoms with Gasteiger partial charge in [0.05, 0.1) is 57.8 Å². The summed E-state index contributed by atoms with van der Waals surface area (Å²) in [5, 5.41) is 4.84. The summed E-state index contributed by atoms with van der Waals surface area (Å²) in [5.41, 5.74) is 0.969. The summed E-state index contributed by atoms with van der Waals surface area (Å²) >= 11 is 0. The first kappa shape index (κ1) is 26.8. The van der Waals surface area contributed by atoms with E-state index in [4.69, 9.17) is 18.9 Å². The van der Waals surface area contributed by atoms with Gasteiger partial charge in [-0.3, -0.25) is 0 Å². The van der Waals surface area contributed by atoms with Crippen LogP contribution < -0.4 is 10.2 Å². The molecule has 9 nitrogen and oxygen atoms in total. The Morgan fingerprint density at radius 1 is 0.735 bits per heavy atom. The van der Waals surface area contributed by atoms with Gasteiger partial charge in [-0.1, -0.05) is 24.3 Å². The van der Waals surface area contributed by atoms with Crippen LogP contribution in [0, 0.1) is 0 Å². The fourth-order valence-corrected chi connectivity index (χ4v) is 5.38. The molecule has 0 aliphatic carbocycles. The second-order valence-electron chi connectivity index (χ2n) is 8.13. The van der Waals surface area contributed by atoms with Crippen molar-refractivity contribution in [3.63, 3.8) is 0 Å². The van der Waals surface area contributed by atoms with Crippen LogP contribution in [0.25, 0.3) is 10.8 Å². The molecule has 0 spiro atoms. The minimum absolute atomic E-state index is 0.230. The molecule has 1 heterocycles. The summed E-state index contributed by atoms with van der Waals surface area (Å²) in [6.07, 6.45) is 0. The van der Waals surface area contributed by atoms with Crippen molar-refractivity contribution in [2.75, 3.05) is 98.0 Å². The normalized spacial score (nSPS) is 19.4. The molecule has 1 N–H and O–H groups in total. The van der Waals surface area contributed by atoms with Gasteiger partial charge < -0.3 is 29.2 Å². The molecule has 0 saturated carbocycles. The molecular weight excluding hydrogens is 458 g/mol. The van der Waals surface area contributed by atoms with E-state index in [1.54, 1.807) is 12.1 Å². The molecule has 1 aliphatic rings. The highest BCUT2D eigenvalue weighted by molar-refractivity contribution is 7.89. The van der Waals surface area contributed by atoms with E-state index in [2.05, 4.69) is 5.32 Å². The Morgan fingerprint density at radius 2 is 1.26 bits per heavy atom. The van der Waals surface area contributed by atoms with Gasteiger partial charge in [0.15, 0.2) is 0 Å². The average molecular weight is 496 g/mol. The van der Waals surface area contributed by atoms with Crippen LogP contribution in [0.3, 0.4) is 0 Å². The minimum Gasteiger partial charge on any atom is -0.378 e.